The van der Waals surface area contributed by atoms with E-state index in [1.165, 1.54) is 11.3 Å². The Bertz CT molecular complexity index is 734. The first-order valence-corrected chi connectivity index (χ1v) is 6.86. The maximum Gasteiger partial charge on any atom is 0.279 e. The molecule has 0 aliphatic heterocycles. The van der Waals surface area contributed by atoms with Crippen LogP contribution in [0.5, 0.6) is 0 Å². The number of hydrogen-bond acceptors (Lipinski definition) is 5. The maximum absolute atomic E-state index is 12.0. The Labute approximate surface area is 119 Å². The third-order valence-corrected chi connectivity index (χ3v) is 3.52. The van der Waals surface area contributed by atoms with Crippen LogP contribution in [-0.4, -0.2) is 16.0 Å². The number of hydrogen-bond donors (Lipinski definition) is 1. The van der Waals surface area contributed by atoms with Crippen molar-refractivity contribution in [3.8, 4) is 11.3 Å². The van der Waals surface area contributed by atoms with Gasteiger partial charge in [0.2, 0.25) is 0 Å². The molecule has 1 aromatic carbocycles. The lowest BCUT2D eigenvalue weighted by Gasteiger charge is -1.95. The first-order chi connectivity index (χ1) is 9.72. The normalized spacial score (nSPS) is 10.4. The Morgan fingerprint density at radius 2 is 2.10 bits per heavy atom. The summed E-state index contributed by atoms with van der Waals surface area (Å²) in [4.78, 5) is 16.2. The Morgan fingerprint density at radius 1 is 1.30 bits per heavy atom. The molecule has 0 spiro atoms. The van der Waals surface area contributed by atoms with Crippen molar-refractivity contribution < 1.29 is 9.32 Å². The summed E-state index contributed by atoms with van der Waals surface area (Å²) in [6, 6.07) is 11.1. The van der Waals surface area contributed by atoms with Gasteiger partial charge in [-0.1, -0.05) is 35.5 Å². The van der Waals surface area contributed by atoms with Gasteiger partial charge in [0, 0.05) is 17.0 Å². The number of benzene rings is 1. The van der Waals surface area contributed by atoms with E-state index in [-0.39, 0.29) is 11.6 Å². The number of rotatable bonds is 3. The van der Waals surface area contributed by atoms with Crippen molar-refractivity contribution in [3.05, 3.63) is 53.2 Å². The van der Waals surface area contributed by atoms with Gasteiger partial charge < -0.3 is 4.52 Å². The molecule has 0 bridgehead atoms. The molecule has 0 aliphatic carbocycles. The molecule has 0 unspecified atom stereocenters. The fourth-order valence-corrected chi connectivity index (χ4v) is 2.38. The van der Waals surface area contributed by atoms with E-state index in [1.54, 1.807) is 6.07 Å². The van der Waals surface area contributed by atoms with Gasteiger partial charge in [-0.15, -0.1) is 11.3 Å². The summed E-state index contributed by atoms with van der Waals surface area (Å²) in [5, 5.41) is 8.90. The third kappa shape index (κ3) is 2.60. The second-order valence-corrected chi connectivity index (χ2v) is 5.05. The van der Waals surface area contributed by atoms with Gasteiger partial charge in [0.25, 0.3) is 5.91 Å². The molecule has 0 radical (unpaired) electrons. The highest BCUT2D eigenvalue weighted by molar-refractivity contribution is 7.13. The second kappa shape index (κ2) is 5.26. The van der Waals surface area contributed by atoms with Crippen LogP contribution in [0.25, 0.3) is 11.3 Å². The summed E-state index contributed by atoms with van der Waals surface area (Å²) in [5.41, 5.74) is 1.98. The van der Waals surface area contributed by atoms with Crippen molar-refractivity contribution in [2.75, 3.05) is 5.32 Å². The highest BCUT2D eigenvalue weighted by atomic mass is 32.1. The van der Waals surface area contributed by atoms with Crippen LogP contribution in [-0.2, 0) is 0 Å². The van der Waals surface area contributed by atoms with Crippen LogP contribution in [0.3, 0.4) is 0 Å². The van der Waals surface area contributed by atoms with Gasteiger partial charge in [-0.2, -0.15) is 0 Å². The molecule has 6 heteroatoms. The zero-order valence-electron chi connectivity index (χ0n) is 10.7. The lowest BCUT2D eigenvalue weighted by molar-refractivity contribution is 0.101. The predicted molar refractivity (Wildman–Crippen MR) is 76.7 cm³/mol. The van der Waals surface area contributed by atoms with Crippen LogP contribution in [0.2, 0.25) is 0 Å². The quantitative estimate of drug-likeness (QED) is 0.801. The fraction of sp³-hybridized carbons (Fsp3) is 0.0714. The van der Waals surface area contributed by atoms with E-state index in [2.05, 4.69) is 15.5 Å². The summed E-state index contributed by atoms with van der Waals surface area (Å²) in [5.74, 6) is 0.233. The summed E-state index contributed by atoms with van der Waals surface area (Å²) >= 11 is 1.37. The van der Waals surface area contributed by atoms with Gasteiger partial charge in [0.1, 0.15) is 0 Å². The topological polar surface area (TPSA) is 68.0 Å². The highest BCUT2D eigenvalue weighted by Gasteiger charge is 2.14. The standard InChI is InChI=1S/C14H11N3O2S/c1-9-8-20-14(15-9)16-13(18)11-7-12(19-17-11)10-5-3-2-4-6-10/h2-8H,1H3,(H,15,16,18). The molecule has 5 nitrogen and oxygen atoms in total. The van der Waals surface area contributed by atoms with Crippen molar-refractivity contribution >= 4 is 22.4 Å². The van der Waals surface area contributed by atoms with E-state index in [4.69, 9.17) is 4.52 Å². The number of nitrogens with zero attached hydrogens (tertiary/aromatic N) is 2. The average molecular weight is 285 g/mol. The molecule has 3 rings (SSSR count). The van der Waals surface area contributed by atoms with E-state index < -0.39 is 0 Å². The van der Waals surface area contributed by atoms with Gasteiger partial charge in [-0.3, -0.25) is 10.1 Å². The second-order valence-electron chi connectivity index (χ2n) is 4.19. The van der Waals surface area contributed by atoms with Crippen molar-refractivity contribution in [2.45, 2.75) is 6.92 Å². The largest absolute Gasteiger partial charge is 0.355 e. The molecule has 1 amide bonds. The van der Waals surface area contributed by atoms with Crippen LogP contribution in [0, 0.1) is 6.92 Å². The molecule has 0 aliphatic rings. The highest BCUT2D eigenvalue weighted by Crippen LogP contribution is 2.21. The minimum absolute atomic E-state index is 0.233. The summed E-state index contributed by atoms with van der Waals surface area (Å²) in [7, 11) is 0. The smallest absolute Gasteiger partial charge is 0.279 e. The Hall–Kier alpha value is -2.47. The van der Waals surface area contributed by atoms with E-state index >= 15 is 0 Å². The van der Waals surface area contributed by atoms with Crippen LogP contribution >= 0.6 is 11.3 Å². The minimum atomic E-state index is -0.328. The molecule has 2 heterocycles. The van der Waals surface area contributed by atoms with E-state index in [0.29, 0.717) is 10.9 Å². The number of anilines is 1. The predicted octanol–water partition coefficient (Wildman–Crippen LogP) is 3.36. The molecule has 2 aromatic heterocycles. The molecule has 20 heavy (non-hydrogen) atoms. The van der Waals surface area contributed by atoms with Crippen LogP contribution in [0.1, 0.15) is 16.2 Å². The van der Waals surface area contributed by atoms with E-state index in [1.807, 2.05) is 42.6 Å². The molecule has 0 saturated carbocycles. The third-order valence-electron chi connectivity index (χ3n) is 2.64. The number of aromatic nitrogens is 2. The average Bonchev–Trinajstić information content (AvgIpc) is 3.09. The van der Waals surface area contributed by atoms with Gasteiger partial charge >= 0.3 is 0 Å². The number of nitrogens with one attached hydrogen (secondary N) is 1. The number of aryl methyl sites for hydroxylation is 1. The van der Waals surface area contributed by atoms with Crippen LogP contribution in [0.15, 0.2) is 46.3 Å². The van der Waals surface area contributed by atoms with E-state index in [0.717, 1.165) is 11.3 Å². The van der Waals surface area contributed by atoms with Gasteiger partial charge in [0.05, 0.1) is 5.69 Å². The van der Waals surface area contributed by atoms with Crippen molar-refractivity contribution in [2.24, 2.45) is 0 Å². The summed E-state index contributed by atoms with van der Waals surface area (Å²) in [6.45, 7) is 1.87. The SMILES string of the molecule is Cc1csc(NC(=O)c2cc(-c3ccccc3)on2)n1. The molecule has 0 fully saturated rings. The zero-order valence-corrected chi connectivity index (χ0v) is 11.5. The monoisotopic (exact) mass is 285 g/mol. The van der Waals surface area contributed by atoms with Crippen LogP contribution in [0.4, 0.5) is 5.13 Å². The van der Waals surface area contributed by atoms with Gasteiger partial charge in [0.15, 0.2) is 16.6 Å². The van der Waals surface area contributed by atoms with Gasteiger partial charge in [-0.05, 0) is 6.92 Å². The molecule has 100 valence electrons. The Morgan fingerprint density at radius 3 is 2.80 bits per heavy atom. The lowest BCUT2D eigenvalue weighted by atomic mass is 10.1. The number of thiazole rings is 1. The van der Waals surface area contributed by atoms with Crippen molar-refractivity contribution in [3.63, 3.8) is 0 Å². The zero-order chi connectivity index (χ0) is 13.9. The summed E-state index contributed by atoms with van der Waals surface area (Å²) in [6.07, 6.45) is 0. The maximum atomic E-state index is 12.0. The first kappa shape index (κ1) is 12.6. The molecular weight excluding hydrogens is 274 g/mol. The van der Waals surface area contributed by atoms with E-state index in [9.17, 15) is 4.79 Å². The van der Waals surface area contributed by atoms with Crippen molar-refractivity contribution in [1.82, 2.24) is 10.1 Å². The summed E-state index contributed by atoms with van der Waals surface area (Å²) < 4.78 is 5.19. The number of carbonyl (C=O) groups excluding carboxylic acids is 1. The molecular formula is C14H11N3O2S. The molecule has 0 atom stereocenters. The minimum Gasteiger partial charge on any atom is -0.355 e. The molecule has 1 N–H and O–H groups in total. The number of carbonyl (C=O) groups is 1. The fourth-order valence-electron chi connectivity index (χ4n) is 1.69. The van der Waals surface area contributed by atoms with Gasteiger partial charge in [-0.25, -0.2) is 4.98 Å². The lowest BCUT2D eigenvalue weighted by Crippen LogP contribution is -2.11. The first-order valence-electron chi connectivity index (χ1n) is 5.98. The Kier molecular flexibility index (Phi) is 3.30. The molecule has 3 aromatic rings. The van der Waals surface area contributed by atoms with Crippen LogP contribution < -0.4 is 5.32 Å². The van der Waals surface area contributed by atoms with Crippen molar-refractivity contribution in [1.29, 1.82) is 0 Å². The molecule has 0 saturated heterocycles. The number of amides is 1. The Balaban J connectivity index is 1.78.